The van der Waals surface area contributed by atoms with Gasteiger partial charge in [0.05, 0.1) is 11.4 Å². The van der Waals surface area contributed by atoms with E-state index in [0.717, 1.165) is 122 Å². The van der Waals surface area contributed by atoms with Crippen LogP contribution in [0.2, 0.25) is 0 Å². The summed E-state index contributed by atoms with van der Waals surface area (Å²) >= 11 is 1.86. The number of hydrogen-bond acceptors (Lipinski definition) is 7. The first kappa shape index (κ1) is 54.9. The monoisotopic (exact) mass is 1270 g/mol. The van der Waals surface area contributed by atoms with Gasteiger partial charge in [-0.25, -0.2) is 0 Å². The molecule has 7 heteroatoms. The lowest BCUT2D eigenvalue weighted by Crippen LogP contribution is -2.20. The summed E-state index contributed by atoms with van der Waals surface area (Å²) in [7, 11) is 0. The fraction of sp³-hybridized carbons (Fsp3) is 0.0330. The summed E-state index contributed by atoms with van der Waals surface area (Å²) in [6.45, 7) is 4.79. The molecule has 1 aliphatic carbocycles. The van der Waals surface area contributed by atoms with Gasteiger partial charge in [-0.05, 0) is 146 Å². The minimum Gasteiger partial charge on any atom is -0.456 e. The number of thiophene rings is 1. The number of furan rings is 4. The zero-order valence-corrected chi connectivity index (χ0v) is 54.1. The smallest absolute Gasteiger partial charge is 0.138 e. The Labute approximate surface area is 565 Å². The van der Waals surface area contributed by atoms with Gasteiger partial charge in [0.2, 0.25) is 0 Å². The number of benzene rings is 16. The maximum absolute atomic E-state index is 6.64. The molecule has 0 saturated heterocycles. The molecule has 0 spiro atoms. The van der Waals surface area contributed by atoms with Crippen molar-refractivity contribution in [2.45, 2.75) is 19.3 Å². The quantitative estimate of drug-likeness (QED) is 0.155. The first-order valence-electron chi connectivity index (χ1n) is 33.4. The Hall–Kier alpha value is -12.4. The minimum absolute atomic E-state index is 0.240. The standard InChI is InChI=1S/C47H31NOS.C44H25NO3/c1-47(2)38-25-20-29-19-18-28-10-3-4-11-32(28)44(29)45(38)37-14-9-15-39(46(37)47)48(30-21-23-34-33-12-5-7-16-40(33)49-41(34)26-30)31-22-24-36-35-13-6-8-17-42(35)50-43(36)27-31;1-2-10-29-26(9-1)17-20-33-36(25-42-44(43(29)33)34-13-5-8-16-39(34)48-42)45(27-19-22-40-35(23-27)31-12-4-7-15-38(31)46-40)28-18-21-32-30-11-3-6-14-37(30)47-41(32)24-28/h3-27H,1-2H3;1-25H. The van der Waals surface area contributed by atoms with Gasteiger partial charge in [0.1, 0.15) is 44.7 Å². The Bertz CT molecular complexity index is 6840. The highest BCUT2D eigenvalue weighted by Gasteiger charge is 2.40. The summed E-state index contributed by atoms with van der Waals surface area (Å²) in [5.74, 6) is 0. The Morgan fingerprint density at radius 3 is 1.40 bits per heavy atom. The third kappa shape index (κ3) is 8.08. The first-order chi connectivity index (χ1) is 48.3. The van der Waals surface area contributed by atoms with Gasteiger partial charge in [0, 0.05) is 120 Å². The van der Waals surface area contributed by atoms with Gasteiger partial charge >= 0.3 is 0 Å². The molecule has 0 fully saturated rings. The molecule has 22 rings (SSSR count). The lowest BCUT2D eigenvalue weighted by Gasteiger charge is -2.32. The second-order valence-electron chi connectivity index (χ2n) is 26.6. The van der Waals surface area contributed by atoms with Crippen LogP contribution >= 0.6 is 11.3 Å². The summed E-state index contributed by atoms with van der Waals surface area (Å²) in [5, 5.41) is 21.4. The van der Waals surface area contributed by atoms with Gasteiger partial charge in [-0.2, -0.15) is 0 Å². The van der Waals surface area contributed by atoms with Crippen LogP contribution < -0.4 is 9.80 Å². The van der Waals surface area contributed by atoms with Crippen molar-refractivity contribution in [3.8, 4) is 11.1 Å². The van der Waals surface area contributed by atoms with Crippen molar-refractivity contribution < 1.29 is 17.7 Å². The molecule has 6 nitrogen and oxygen atoms in total. The number of fused-ring (bicyclic) bond motifs is 26. The van der Waals surface area contributed by atoms with Crippen LogP contribution in [0.15, 0.2) is 321 Å². The summed E-state index contributed by atoms with van der Waals surface area (Å²) in [5.41, 5.74) is 18.5. The summed E-state index contributed by atoms with van der Waals surface area (Å²) in [4.78, 5) is 4.79. The molecule has 21 aromatic rings. The van der Waals surface area contributed by atoms with Crippen LogP contribution in [-0.2, 0) is 5.41 Å². The van der Waals surface area contributed by atoms with Gasteiger partial charge < -0.3 is 27.5 Å². The summed E-state index contributed by atoms with van der Waals surface area (Å²) in [6.07, 6.45) is 0. The molecular weight excluding hydrogens is 1220 g/mol. The van der Waals surface area contributed by atoms with Crippen molar-refractivity contribution in [1.82, 2.24) is 0 Å². The van der Waals surface area contributed by atoms with E-state index < -0.39 is 0 Å². The highest BCUT2D eigenvalue weighted by molar-refractivity contribution is 7.25. The van der Waals surface area contributed by atoms with E-state index in [-0.39, 0.29) is 5.41 Å². The average molecular weight is 1270 g/mol. The molecule has 0 saturated carbocycles. The van der Waals surface area contributed by atoms with E-state index in [0.29, 0.717) is 0 Å². The van der Waals surface area contributed by atoms with E-state index in [4.69, 9.17) is 17.7 Å². The van der Waals surface area contributed by atoms with E-state index in [9.17, 15) is 0 Å². The fourth-order valence-electron chi connectivity index (χ4n) is 16.5. The van der Waals surface area contributed by atoms with Crippen molar-refractivity contribution in [3.63, 3.8) is 0 Å². The van der Waals surface area contributed by atoms with Crippen LogP contribution in [-0.4, -0.2) is 0 Å². The van der Waals surface area contributed by atoms with Gasteiger partial charge in [-0.15, -0.1) is 11.3 Å². The predicted molar refractivity (Wildman–Crippen MR) is 412 cm³/mol. The molecule has 0 aliphatic heterocycles. The Balaban J connectivity index is 0.000000129. The molecule has 16 aromatic carbocycles. The average Bonchev–Trinajstić information content (AvgIpc) is 1.53. The van der Waals surface area contributed by atoms with Crippen LogP contribution in [0.5, 0.6) is 0 Å². The van der Waals surface area contributed by atoms with Crippen LogP contribution in [0.1, 0.15) is 25.0 Å². The lowest BCUT2D eigenvalue weighted by atomic mass is 9.80. The molecule has 5 aromatic heterocycles. The topological polar surface area (TPSA) is 59.0 Å². The normalized spacial score (nSPS) is 12.9. The second kappa shape index (κ2) is 20.8. The highest BCUT2D eigenvalue weighted by atomic mass is 32.1. The fourth-order valence-corrected chi connectivity index (χ4v) is 17.6. The van der Waals surface area contributed by atoms with Crippen LogP contribution in [0, 0.1) is 0 Å². The predicted octanol–water partition coefficient (Wildman–Crippen LogP) is 27.2. The molecule has 460 valence electrons. The molecule has 0 bridgehead atoms. The third-order valence-electron chi connectivity index (χ3n) is 20.8. The van der Waals surface area contributed by atoms with Crippen LogP contribution in [0.4, 0.5) is 34.1 Å². The maximum atomic E-state index is 6.64. The summed E-state index contributed by atoms with van der Waals surface area (Å²) in [6, 6.07) is 109. The Morgan fingerprint density at radius 1 is 0.265 bits per heavy atom. The van der Waals surface area contributed by atoms with Gasteiger partial charge in [0.25, 0.3) is 0 Å². The molecular formula is C91H56N2O4S. The van der Waals surface area contributed by atoms with Crippen molar-refractivity contribution in [1.29, 1.82) is 0 Å². The molecule has 0 radical (unpaired) electrons. The zero-order valence-electron chi connectivity index (χ0n) is 53.3. The van der Waals surface area contributed by atoms with Crippen LogP contribution in [0.25, 0.3) is 162 Å². The third-order valence-corrected chi connectivity index (χ3v) is 22.0. The van der Waals surface area contributed by atoms with Crippen molar-refractivity contribution >= 4 is 196 Å². The van der Waals surface area contributed by atoms with Gasteiger partial charge in [0.15, 0.2) is 0 Å². The lowest BCUT2D eigenvalue weighted by molar-refractivity contribution is 0.661. The van der Waals surface area contributed by atoms with Crippen molar-refractivity contribution in [2.75, 3.05) is 9.80 Å². The number of nitrogens with zero attached hydrogens (tertiary/aromatic N) is 2. The number of hydrogen-bond donors (Lipinski definition) is 0. The molecule has 1 aliphatic rings. The molecule has 0 N–H and O–H groups in total. The Kier molecular flexibility index (Phi) is 11.7. The van der Waals surface area contributed by atoms with Crippen LogP contribution in [0.3, 0.4) is 0 Å². The van der Waals surface area contributed by atoms with Crippen molar-refractivity contribution in [2.24, 2.45) is 0 Å². The number of anilines is 6. The highest BCUT2D eigenvalue weighted by Crippen LogP contribution is 2.58. The molecule has 0 unspecified atom stereocenters. The minimum atomic E-state index is -0.240. The SMILES string of the molecule is CC1(C)c2ccc3ccc4ccccc4c3c2-c2cccc(N(c3ccc4c(c3)oc3ccccc34)c3ccc4c(c3)sc3ccccc34)c21.c1ccc2c(c1)ccc1c(N(c3ccc4c(c3)oc3ccccc34)c3ccc4oc5ccccc5c4c3)cc3oc4ccccc4c3c12. The van der Waals surface area contributed by atoms with E-state index in [1.807, 2.05) is 47.7 Å². The summed E-state index contributed by atoms with van der Waals surface area (Å²) < 4.78 is 28.4. The second-order valence-corrected chi connectivity index (χ2v) is 27.6. The van der Waals surface area contributed by atoms with E-state index >= 15 is 0 Å². The van der Waals surface area contributed by atoms with E-state index in [1.165, 1.54) is 85.8 Å². The van der Waals surface area contributed by atoms with Gasteiger partial charge in [-0.3, -0.25) is 0 Å². The number of rotatable bonds is 6. The van der Waals surface area contributed by atoms with E-state index in [2.05, 4.69) is 291 Å². The molecule has 0 atom stereocenters. The molecule has 0 amide bonds. The largest absolute Gasteiger partial charge is 0.456 e. The molecule has 98 heavy (non-hydrogen) atoms. The zero-order chi connectivity index (χ0) is 64.5. The Morgan fingerprint density at radius 2 is 0.714 bits per heavy atom. The van der Waals surface area contributed by atoms with E-state index in [1.54, 1.807) is 0 Å². The maximum Gasteiger partial charge on any atom is 0.138 e. The molecule has 5 heterocycles. The van der Waals surface area contributed by atoms with Crippen molar-refractivity contribution in [3.05, 3.63) is 314 Å². The number of para-hydroxylation sites is 4. The van der Waals surface area contributed by atoms with Gasteiger partial charge in [-0.1, -0.05) is 208 Å². The first-order valence-corrected chi connectivity index (χ1v) is 34.2.